The Kier molecular flexibility index (Phi) is 8.77. The number of hydrogen-bond acceptors (Lipinski definition) is 4. The van der Waals surface area contributed by atoms with Gasteiger partial charge in [-0.15, -0.1) is 23.7 Å². The van der Waals surface area contributed by atoms with Gasteiger partial charge in [0.2, 0.25) is 0 Å². The number of nitrogens with one attached hydrogen (secondary N) is 1. The molecular weight excluding hydrogens is 353 g/mol. The lowest BCUT2D eigenvalue weighted by Gasteiger charge is -2.15. The van der Waals surface area contributed by atoms with Crippen molar-refractivity contribution in [1.82, 2.24) is 5.32 Å². The molecule has 1 aromatic carbocycles. The molecule has 2 rings (SSSR count). The van der Waals surface area contributed by atoms with Crippen LogP contribution >= 0.6 is 35.3 Å². The molecular formula is C17H23Cl2NO2S. The van der Waals surface area contributed by atoms with Crippen molar-refractivity contribution in [2.75, 3.05) is 7.11 Å². The van der Waals surface area contributed by atoms with Crippen LogP contribution in [0.15, 0.2) is 29.6 Å². The van der Waals surface area contributed by atoms with Gasteiger partial charge in [-0.05, 0) is 42.5 Å². The maximum absolute atomic E-state index is 6.37. The van der Waals surface area contributed by atoms with Gasteiger partial charge < -0.3 is 14.8 Å². The van der Waals surface area contributed by atoms with Gasteiger partial charge in [0.05, 0.1) is 12.1 Å². The number of ether oxygens (including phenoxy) is 2. The molecule has 0 aliphatic heterocycles. The van der Waals surface area contributed by atoms with Crippen molar-refractivity contribution < 1.29 is 9.47 Å². The largest absolute Gasteiger partial charge is 0.493 e. The summed E-state index contributed by atoms with van der Waals surface area (Å²) in [6.07, 6.45) is 1.09. The standard InChI is InChI=1S/C17H22ClNO2S.ClH/c1-4-12(2)19-10-13-8-15(18)17(16(9-13)20-3)21-11-14-6-5-7-22-14;/h5-9,12,19H,4,10-11H2,1-3H3;1H. The van der Waals surface area contributed by atoms with Crippen molar-refractivity contribution in [2.45, 2.75) is 39.5 Å². The first-order valence-electron chi connectivity index (χ1n) is 7.39. The third kappa shape index (κ3) is 5.88. The Morgan fingerprint density at radius 2 is 2.13 bits per heavy atom. The summed E-state index contributed by atoms with van der Waals surface area (Å²) >= 11 is 8.03. The fraction of sp³-hybridized carbons (Fsp3) is 0.412. The zero-order chi connectivity index (χ0) is 15.9. The minimum atomic E-state index is 0. The maximum Gasteiger partial charge on any atom is 0.180 e. The molecule has 1 unspecified atom stereocenters. The zero-order valence-corrected chi connectivity index (χ0v) is 16.0. The average Bonchev–Trinajstić information content (AvgIpc) is 3.04. The molecule has 0 spiro atoms. The normalized spacial score (nSPS) is 11.7. The van der Waals surface area contributed by atoms with Gasteiger partial charge in [-0.3, -0.25) is 0 Å². The fourth-order valence-corrected chi connectivity index (χ4v) is 2.89. The molecule has 1 atom stereocenters. The first-order valence-corrected chi connectivity index (χ1v) is 8.64. The topological polar surface area (TPSA) is 30.5 Å². The summed E-state index contributed by atoms with van der Waals surface area (Å²) in [5.41, 5.74) is 1.09. The van der Waals surface area contributed by atoms with Crippen LogP contribution in [0.1, 0.15) is 30.7 Å². The van der Waals surface area contributed by atoms with Crippen LogP contribution in [0.2, 0.25) is 5.02 Å². The highest BCUT2D eigenvalue weighted by Gasteiger charge is 2.13. The van der Waals surface area contributed by atoms with E-state index in [2.05, 4.69) is 19.2 Å². The molecule has 1 aromatic heterocycles. The van der Waals surface area contributed by atoms with E-state index in [1.165, 1.54) is 0 Å². The Morgan fingerprint density at radius 3 is 2.74 bits per heavy atom. The smallest absolute Gasteiger partial charge is 0.180 e. The number of benzene rings is 1. The highest BCUT2D eigenvalue weighted by atomic mass is 35.5. The van der Waals surface area contributed by atoms with Gasteiger partial charge in [-0.25, -0.2) is 0 Å². The predicted molar refractivity (Wildman–Crippen MR) is 100 cm³/mol. The summed E-state index contributed by atoms with van der Waals surface area (Å²) in [5.74, 6) is 1.27. The Balaban J connectivity index is 0.00000264. The van der Waals surface area contributed by atoms with Gasteiger partial charge in [0.25, 0.3) is 0 Å². The van der Waals surface area contributed by atoms with E-state index in [4.69, 9.17) is 21.1 Å². The molecule has 0 amide bonds. The monoisotopic (exact) mass is 375 g/mol. The molecule has 3 nitrogen and oxygen atoms in total. The second kappa shape index (κ2) is 10.0. The highest BCUT2D eigenvalue weighted by molar-refractivity contribution is 7.09. The first kappa shape index (κ1) is 20.1. The number of hydrogen-bond donors (Lipinski definition) is 1. The molecule has 0 saturated heterocycles. The van der Waals surface area contributed by atoms with Crippen molar-refractivity contribution >= 4 is 35.3 Å². The van der Waals surface area contributed by atoms with Gasteiger partial charge in [0.1, 0.15) is 6.61 Å². The number of thiophene rings is 1. The summed E-state index contributed by atoms with van der Waals surface area (Å²) in [5, 5.41) is 6.06. The lowest BCUT2D eigenvalue weighted by atomic mass is 10.1. The van der Waals surface area contributed by atoms with Gasteiger partial charge >= 0.3 is 0 Å². The molecule has 1 heterocycles. The minimum Gasteiger partial charge on any atom is -0.493 e. The summed E-state index contributed by atoms with van der Waals surface area (Å²) in [6.45, 7) is 5.58. The van der Waals surface area contributed by atoms with E-state index in [1.807, 2.05) is 29.6 Å². The third-order valence-corrected chi connectivity index (χ3v) is 4.63. The number of halogens is 2. The van der Waals surface area contributed by atoms with Crippen molar-refractivity contribution in [3.8, 4) is 11.5 Å². The summed E-state index contributed by atoms with van der Waals surface area (Å²) in [6, 6.07) is 8.43. The molecule has 0 aliphatic carbocycles. The van der Waals surface area contributed by atoms with Crippen LogP contribution in [0.25, 0.3) is 0 Å². The molecule has 0 saturated carbocycles. The SMILES string of the molecule is CCC(C)NCc1cc(Cl)c(OCc2cccs2)c(OC)c1.Cl. The van der Waals surface area contributed by atoms with Gasteiger partial charge in [-0.2, -0.15) is 0 Å². The molecule has 6 heteroatoms. The van der Waals surface area contributed by atoms with E-state index in [-0.39, 0.29) is 12.4 Å². The highest BCUT2D eigenvalue weighted by Crippen LogP contribution is 2.37. The van der Waals surface area contributed by atoms with Crippen LogP contribution in [0.5, 0.6) is 11.5 Å². The first-order chi connectivity index (χ1) is 10.6. The lowest BCUT2D eigenvalue weighted by Crippen LogP contribution is -2.24. The molecule has 23 heavy (non-hydrogen) atoms. The van der Waals surface area contributed by atoms with Crippen molar-refractivity contribution in [2.24, 2.45) is 0 Å². The van der Waals surface area contributed by atoms with Crippen LogP contribution in [-0.4, -0.2) is 13.2 Å². The molecule has 1 N–H and O–H groups in total. The van der Waals surface area contributed by atoms with E-state index < -0.39 is 0 Å². The van der Waals surface area contributed by atoms with Crippen LogP contribution < -0.4 is 14.8 Å². The van der Waals surface area contributed by atoms with E-state index >= 15 is 0 Å². The average molecular weight is 376 g/mol. The van der Waals surface area contributed by atoms with Crippen molar-refractivity contribution in [3.05, 3.63) is 45.1 Å². The Hall–Kier alpha value is -0.940. The number of rotatable bonds is 8. The summed E-state index contributed by atoms with van der Waals surface area (Å²) < 4.78 is 11.3. The lowest BCUT2D eigenvalue weighted by molar-refractivity contribution is 0.287. The van der Waals surface area contributed by atoms with Crippen LogP contribution in [-0.2, 0) is 13.2 Å². The summed E-state index contributed by atoms with van der Waals surface area (Å²) in [7, 11) is 1.63. The van der Waals surface area contributed by atoms with Crippen LogP contribution in [0.4, 0.5) is 0 Å². The van der Waals surface area contributed by atoms with E-state index in [9.17, 15) is 0 Å². The van der Waals surface area contributed by atoms with Gasteiger partial charge in [0.15, 0.2) is 11.5 Å². The molecule has 2 aromatic rings. The second-order valence-corrected chi connectivity index (χ2v) is 6.61. The Morgan fingerprint density at radius 1 is 1.35 bits per heavy atom. The Bertz CT molecular complexity index is 591. The molecule has 128 valence electrons. The quantitative estimate of drug-likeness (QED) is 0.678. The Labute approximate surface area is 153 Å². The fourth-order valence-electron chi connectivity index (χ4n) is 1.99. The minimum absolute atomic E-state index is 0. The predicted octanol–water partition coefficient (Wildman–Crippen LogP) is 5.30. The molecule has 0 fully saturated rings. The molecule has 0 bridgehead atoms. The molecule has 0 radical (unpaired) electrons. The van der Waals surface area contributed by atoms with Crippen LogP contribution in [0.3, 0.4) is 0 Å². The summed E-state index contributed by atoms with van der Waals surface area (Å²) in [4.78, 5) is 1.15. The van der Waals surface area contributed by atoms with E-state index in [0.29, 0.717) is 29.2 Å². The van der Waals surface area contributed by atoms with Crippen molar-refractivity contribution in [3.63, 3.8) is 0 Å². The van der Waals surface area contributed by atoms with Crippen LogP contribution in [0, 0.1) is 0 Å². The zero-order valence-electron chi connectivity index (χ0n) is 13.6. The molecule has 0 aliphatic rings. The van der Waals surface area contributed by atoms with Gasteiger partial charge in [-0.1, -0.05) is 24.6 Å². The van der Waals surface area contributed by atoms with E-state index in [0.717, 1.165) is 23.4 Å². The van der Waals surface area contributed by atoms with Crippen molar-refractivity contribution in [1.29, 1.82) is 0 Å². The third-order valence-electron chi connectivity index (χ3n) is 3.50. The second-order valence-electron chi connectivity index (χ2n) is 5.17. The van der Waals surface area contributed by atoms with E-state index in [1.54, 1.807) is 18.4 Å². The number of methoxy groups -OCH3 is 1. The van der Waals surface area contributed by atoms with Gasteiger partial charge in [0, 0.05) is 17.5 Å². The maximum atomic E-state index is 6.37.